The maximum atomic E-state index is 12.2. The Hall–Kier alpha value is -2.90. The van der Waals surface area contributed by atoms with Crippen LogP contribution in [-0.4, -0.2) is 32.9 Å². The van der Waals surface area contributed by atoms with Crippen LogP contribution in [0.2, 0.25) is 0 Å². The minimum atomic E-state index is -1.08. The Kier molecular flexibility index (Phi) is 3.73. The van der Waals surface area contributed by atoms with Gasteiger partial charge in [0, 0.05) is 11.5 Å². The van der Waals surface area contributed by atoms with Crippen LogP contribution in [0.4, 0.5) is 5.69 Å². The van der Waals surface area contributed by atoms with Crippen LogP contribution in [0.15, 0.2) is 24.3 Å². The summed E-state index contributed by atoms with van der Waals surface area (Å²) in [5, 5.41) is 23.2. The predicted molar refractivity (Wildman–Crippen MR) is 81.2 cm³/mol. The van der Waals surface area contributed by atoms with E-state index in [1.807, 2.05) is 0 Å². The lowest BCUT2D eigenvalue weighted by molar-refractivity contribution is -0.383. The highest BCUT2D eigenvalue weighted by Crippen LogP contribution is 2.33. The molecule has 1 aliphatic carbocycles. The normalized spacial score (nSPS) is 15.3. The lowest BCUT2D eigenvalue weighted by atomic mass is 10.1. The van der Waals surface area contributed by atoms with Gasteiger partial charge in [-0.05, 0) is 18.4 Å². The SMILES string of the molecule is O=C(NC(CC1CC1)C(=O)O)c1cc2cccc([N+](=O)[O-])c2[nH]1. The van der Waals surface area contributed by atoms with E-state index < -0.39 is 22.8 Å². The van der Waals surface area contributed by atoms with Crippen molar-refractivity contribution in [1.82, 2.24) is 10.3 Å². The summed E-state index contributed by atoms with van der Waals surface area (Å²) in [6.07, 6.45) is 2.37. The summed E-state index contributed by atoms with van der Waals surface area (Å²) in [5.41, 5.74) is 0.224. The summed E-state index contributed by atoms with van der Waals surface area (Å²) in [6, 6.07) is 5.05. The molecule has 1 aromatic carbocycles. The minimum absolute atomic E-state index is 0.108. The van der Waals surface area contributed by atoms with Crippen LogP contribution in [0.25, 0.3) is 10.9 Å². The molecule has 8 heteroatoms. The highest BCUT2D eigenvalue weighted by Gasteiger charge is 2.30. The van der Waals surface area contributed by atoms with E-state index in [0.717, 1.165) is 12.8 Å². The number of carbonyl (C=O) groups is 2. The maximum absolute atomic E-state index is 12.2. The van der Waals surface area contributed by atoms with E-state index in [2.05, 4.69) is 10.3 Å². The molecule has 3 N–H and O–H groups in total. The largest absolute Gasteiger partial charge is 0.480 e. The molecule has 0 spiro atoms. The first kappa shape index (κ1) is 15.0. The second kappa shape index (κ2) is 5.71. The zero-order chi connectivity index (χ0) is 16.6. The Morgan fingerprint density at radius 3 is 2.78 bits per heavy atom. The van der Waals surface area contributed by atoms with Gasteiger partial charge in [0.2, 0.25) is 0 Å². The third-order valence-corrected chi connectivity index (χ3v) is 3.94. The molecule has 8 nitrogen and oxygen atoms in total. The zero-order valence-electron chi connectivity index (χ0n) is 12.1. The van der Waals surface area contributed by atoms with Gasteiger partial charge in [-0.3, -0.25) is 14.9 Å². The molecule has 23 heavy (non-hydrogen) atoms. The van der Waals surface area contributed by atoms with Crippen LogP contribution in [-0.2, 0) is 4.79 Å². The molecule has 1 amide bonds. The van der Waals surface area contributed by atoms with E-state index in [1.165, 1.54) is 18.2 Å². The number of para-hydroxylation sites is 1. The van der Waals surface area contributed by atoms with Gasteiger partial charge in [0.05, 0.1) is 4.92 Å². The molecule has 0 bridgehead atoms. The van der Waals surface area contributed by atoms with Crippen LogP contribution in [0, 0.1) is 16.0 Å². The van der Waals surface area contributed by atoms with Crippen molar-refractivity contribution in [3.8, 4) is 0 Å². The van der Waals surface area contributed by atoms with Crippen molar-refractivity contribution >= 4 is 28.5 Å². The number of hydrogen-bond acceptors (Lipinski definition) is 4. The summed E-state index contributed by atoms with van der Waals surface area (Å²) >= 11 is 0. The van der Waals surface area contributed by atoms with Gasteiger partial charge in [-0.1, -0.05) is 25.0 Å². The molecule has 2 aromatic rings. The third kappa shape index (κ3) is 3.15. The number of hydrogen-bond donors (Lipinski definition) is 3. The maximum Gasteiger partial charge on any atom is 0.326 e. The number of aliphatic carboxylic acids is 1. The number of carboxylic acids is 1. The predicted octanol–water partition coefficient (Wildman–Crippen LogP) is 2.06. The second-order valence-electron chi connectivity index (χ2n) is 5.72. The molecule has 120 valence electrons. The summed E-state index contributed by atoms with van der Waals surface area (Å²) in [6.45, 7) is 0. The van der Waals surface area contributed by atoms with E-state index in [4.69, 9.17) is 0 Å². The molecule has 0 aliphatic heterocycles. The number of amides is 1. The molecule has 1 fully saturated rings. The summed E-state index contributed by atoms with van der Waals surface area (Å²) in [5.74, 6) is -1.31. The van der Waals surface area contributed by atoms with Crippen molar-refractivity contribution in [3.63, 3.8) is 0 Å². The van der Waals surface area contributed by atoms with Crippen molar-refractivity contribution in [2.45, 2.75) is 25.3 Å². The van der Waals surface area contributed by atoms with Crippen LogP contribution in [0.5, 0.6) is 0 Å². The van der Waals surface area contributed by atoms with Crippen molar-refractivity contribution in [1.29, 1.82) is 0 Å². The molecule has 1 aliphatic rings. The van der Waals surface area contributed by atoms with Gasteiger partial charge in [-0.2, -0.15) is 0 Å². The topological polar surface area (TPSA) is 125 Å². The van der Waals surface area contributed by atoms with Gasteiger partial charge >= 0.3 is 5.97 Å². The minimum Gasteiger partial charge on any atom is -0.480 e. The number of fused-ring (bicyclic) bond motifs is 1. The standard InChI is InChI=1S/C15H15N3O5/c19-14(17-11(15(20)21)6-8-4-5-8)10-7-9-2-1-3-12(18(22)23)13(9)16-10/h1-3,7-8,11,16H,4-6H2,(H,17,19)(H,20,21). The Bertz CT molecular complexity index is 794. The van der Waals surface area contributed by atoms with Gasteiger partial charge in [-0.15, -0.1) is 0 Å². The number of carboxylic acid groups (broad SMARTS) is 1. The van der Waals surface area contributed by atoms with Crippen LogP contribution < -0.4 is 5.32 Å². The summed E-state index contributed by atoms with van der Waals surface area (Å²) in [4.78, 5) is 36.6. The smallest absolute Gasteiger partial charge is 0.326 e. The highest BCUT2D eigenvalue weighted by atomic mass is 16.6. The first-order valence-corrected chi connectivity index (χ1v) is 7.25. The molecule has 0 radical (unpaired) electrons. The van der Waals surface area contributed by atoms with Crippen molar-refractivity contribution in [2.24, 2.45) is 5.92 Å². The van der Waals surface area contributed by atoms with Gasteiger partial charge in [0.15, 0.2) is 0 Å². The second-order valence-corrected chi connectivity index (χ2v) is 5.72. The van der Waals surface area contributed by atoms with Gasteiger partial charge in [0.1, 0.15) is 17.3 Å². The summed E-state index contributed by atoms with van der Waals surface area (Å²) in [7, 11) is 0. The molecule has 1 saturated carbocycles. The quantitative estimate of drug-likeness (QED) is 0.555. The Morgan fingerprint density at radius 1 is 1.43 bits per heavy atom. The van der Waals surface area contributed by atoms with E-state index in [1.54, 1.807) is 6.07 Å². The molecule has 1 aromatic heterocycles. The molecular weight excluding hydrogens is 302 g/mol. The lowest BCUT2D eigenvalue weighted by Gasteiger charge is -2.13. The van der Waals surface area contributed by atoms with Crippen LogP contribution in [0.1, 0.15) is 29.8 Å². The number of non-ortho nitro benzene ring substituents is 1. The van der Waals surface area contributed by atoms with Crippen molar-refractivity contribution < 1.29 is 19.6 Å². The van der Waals surface area contributed by atoms with Gasteiger partial charge < -0.3 is 15.4 Å². The number of aromatic amines is 1. The van der Waals surface area contributed by atoms with Crippen LogP contribution >= 0.6 is 0 Å². The zero-order valence-corrected chi connectivity index (χ0v) is 12.1. The summed E-state index contributed by atoms with van der Waals surface area (Å²) < 4.78 is 0. The molecule has 1 unspecified atom stereocenters. The third-order valence-electron chi connectivity index (χ3n) is 3.94. The molecule has 3 rings (SSSR count). The molecule has 0 saturated heterocycles. The number of nitro benzene ring substituents is 1. The fraction of sp³-hybridized carbons (Fsp3) is 0.333. The number of carbonyl (C=O) groups excluding carboxylic acids is 1. The van der Waals surface area contributed by atoms with Crippen LogP contribution in [0.3, 0.4) is 0 Å². The van der Waals surface area contributed by atoms with Crippen molar-refractivity contribution in [2.75, 3.05) is 0 Å². The lowest BCUT2D eigenvalue weighted by Crippen LogP contribution is -2.41. The van der Waals surface area contributed by atoms with E-state index in [0.29, 0.717) is 17.7 Å². The molecule has 1 atom stereocenters. The monoisotopic (exact) mass is 317 g/mol. The number of nitrogens with one attached hydrogen (secondary N) is 2. The Labute approximate surface area is 130 Å². The van der Waals surface area contributed by atoms with Gasteiger partial charge in [-0.25, -0.2) is 4.79 Å². The van der Waals surface area contributed by atoms with E-state index >= 15 is 0 Å². The first-order valence-electron chi connectivity index (χ1n) is 7.25. The number of aromatic nitrogens is 1. The number of nitrogens with zero attached hydrogens (tertiary/aromatic N) is 1. The average Bonchev–Trinajstić information content (AvgIpc) is 3.20. The fourth-order valence-corrected chi connectivity index (χ4v) is 2.56. The van der Waals surface area contributed by atoms with E-state index in [-0.39, 0.29) is 16.9 Å². The highest BCUT2D eigenvalue weighted by molar-refractivity contribution is 6.01. The van der Waals surface area contributed by atoms with Crippen molar-refractivity contribution in [3.05, 3.63) is 40.1 Å². The average molecular weight is 317 g/mol. The van der Waals surface area contributed by atoms with Gasteiger partial charge in [0.25, 0.3) is 11.6 Å². The molecular formula is C15H15N3O5. The number of benzene rings is 1. The number of H-pyrrole nitrogens is 1. The number of rotatable bonds is 6. The molecule has 1 heterocycles. The Balaban J connectivity index is 1.84. The Morgan fingerprint density at radius 2 is 2.17 bits per heavy atom. The number of nitro groups is 1. The van der Waals surface area contributed by atoms with E-state index in [9.17, 15) is 24.8 Å². The first-order chi connectivity index (χ1) is 11.0. The fourth-order valence-electron chi connectivity index (χ4n) is 2.56.